The molecule has 0 N–H and O–H groups in total. The Balaban J connectivity index is 1.02. The van der Waals surface area contributed by atoms with E-state index in [-0.39, 0.29) is 23.1 Å². The lowest BCUT2D eigenvalue weighted by atomic mass is 9.33. The van der Waals surface area contributed by atoms with Crippen molar-refractivity contribution >= 4 is 62.9 Å². The number of hydrogen-bond donors (Lipinski definition) is 0. The third-order valence-electron chi connectivity index (χ3n) is 20.2. The van der Waals surface area contributed by atoms with Gasteiger partial charge < -0.3 is 14.7 Å². The van der Waals surface area contributed by atoms with Crippen molar-refractivity contribution in [2.75, 3.05) is 14.7 Å². The second-order valence-corrected chi connectivity index (χ2v) is 23.5. The van der Waals surface area contributed by atoms with Gasteiger partial charge in [0.1, 0.15) is 0 Å². The van der Waals surface area contributed by atoms with E-state index in [1.165, 1.54) is 125 Å². The Hall–Kier alpha value is -8.34. The van der Waals surface area contributed by atoms with Gasteiger partial charge in [-0.2, -0.15) is 0 Å². The summed E-state index contributed by atoms with van der Waals surface area (Å²) < 4.78 is 0. The SMILES string of the molecule is CC12CCc3ccccc3C1(C)N(c1cc3c4c(c1)N1c5c(cccc5C5(c6ccccc6)CCCCC15C)B4c1cc(-c4ccccc4)ccc1N3c1ccc(-c3ccccc3)cc1)c1ccc(-c3ccccc3)cc12. The zero-order chi connectivity index (χ0) is 51.3. The summed E-state index contributed by atoms with van der Waals surface area (Å²) in [5, 5.41) is 0. The molecule has 77 heavy (non-hydrogen) atoms. The monoisotopic (exact) mass is 989 g/mol. The van der Waals surface area contributed by atoms with E-state index >= 15 is 0 Å². The summed E-state index contributed by atoms with van der Waals surface area (Å²) in [5.41, 5.74) is 26.7. The molecule has 4 atom stereocenters. The topological polar surface area (TPSA) is 9.72 Å². The Bertz CT molecular complexity index is 4010. The van der Waals surface area contributed by atoms with Crippen LogP contribution < -0.4 is 31.1 Å². The molecule has 4 heterocycles. The van der Waals surface area contributed by atoms with E-state index in [1.54, 1.807) is 0 Å². The van der Waals surface area contributed by atoms with E-state index in [0.29, 0.717) is 0 Å². The van der Waals surface area contributed by atoms with E-state index < -0.39 is 5.54 Å². The predicted molar refractivity (Wildman–Crippen MR) is 323 cm³/mol. The number of fused-ring (bicyclic) bond motifs is 12. The minimum Gasteiger partial charge on any atom is -0.335 e. The Kier molecular flexibility index (Phi) is 9.53. The summed E-state index contributed by atoms with van der Waals surface area (Å²) in [6.45, 7) is 7.79. The lowest BCUT2D eigenvalue weighted by molar-refractivity contribution is 0.215. The summed E-state index contributed by atoms with van der Waals surface area (Å²) in [5.74, 6) is 0. The van der Waals surface area contributed by atoms with Crippen LogP contribution in [0.3, 0.4) is 0 Å². The van der Waals surface area contributed by atoms with E-state index in [2.05, 4.69) is 272 Å². The largest absolute Gasteiger partial charge is 0.335 e. The summed E-state index contributed by atoms with van der Waals surface area (Å²) in [6, 6.07) is 90.7. The molecule has 0 saturated heterocycles. The lowest BCUT2D eigenvalue weighted by Crippen LogP contribution is -2.65. The van der Waals surface area contributed by atoms with Crippen molar-refractivity contribution in [1.29, 1.82) is 0 Å². The maximum atomic E-state index is 2.93. The van der Waals surface area contributed by atoms with Crippen LogP contribution in [0.4, 0.5) is 39.8 Å². The highest BCUT2D eigenvalue weighted by Crippen LogP contribution is 2.67. The van der Waals surface area contributed by atoms with Crippen LogP contribution in [0.5, 0.6) is 0 Å². The number of benzene rings is 10. The van der Waals surface area contributed by atoms with Crippen LogP contribution in [-0.2, 0) is 22.8 Å². The van der Waals surface area contributed by atoms with Crippen molar-refractivity contribution in [1.82, 2.24) is 0 Å². The smallest absolute Gasteiger partial charge is 0.252 e. The minimum absolute atomic E-state index is 0.00844. The van der Waals surface area contributed by atoms with Gasteiger partial charge >= 0.3 is 0 Å². The number of aryl methyl sites for hydroxylation is 1. The number of para-hydroxylation sites is 1. The number of hydrogen-bond acceptors (Lipinski definition) is 3. The minimum atomic E-state index is -0.412. The molecule has 10 aromatic rings. The van der Waals surface area contributed by atoms with Crippen LogP contribution in [0.1, 0.15) is 80.7 Å². The van der Waals surface area contributed by atoms with E-state index in [4.69, 9.17) is 0 Å². The molecule has 1 saturated carbocycles. The third kappa shape index (κ3) is 5.94. The first-order valence-electron chi connectivity index (χ1n) is 28.2. The maximum absolute atomic E-state index is 2.93. The van der Waals surface area contributed by atoms with Crippen molar-refractivity contribution < 1.29 is 0 Å². The molecule has 4 heteroatoms. The van der Waals surface area contributed by atoms with Crippen molar-refractivity contribution in [3.05, 3.63) is 264 Å². The highest BCUT2D eigenvalue weighted by Gasteiger charge is 2.65. The first-order chi connectivity index (χ1) is 37.8. The van der Waals surface area contributed by atoms with E-state index in [1.807, 2.05) is 0 Å². The van der Waals surface area contributed by atoms with Gasteiger partial charge in [0.15, 0.2) is 0 Å². The molecule has 3 nitrogen and oxygen atoms in total. The second kappa shape index (κ2) is 16.3. The van der Waals surface area contributed by atoms with Crippen LogP contribution in [-0.4, -0.2) is 12.3 Å². The summed E-state index contributed by atoms with van der Waals surface area (Å²) >= 11 is 0. The summed E-state index contributed by atoms with van der Waals surface area (Å²) in [7, 11) is 0. The molecule has 6 aliphatic rings. The zero-order valence-corrected chi connectivity index (χ0v) is 44.2. The number of anilines is 7. The van der Waals surface area contributed by atoms with Crippen molar-refractivity contribution in [3.63, 3.8) is 0 Å². The van der Waals surface area contributed by atoms with Gasteiger partial charge in [0, 0.05) is 50.6 Å². The van der Waals surface area contributed by atoms with Crippen LogP contribution in [0.25, 0.3) is 33.4 Å². The quantitative estimate of drug-likeness (QED) is 0.154. The molecule has 0 amide bonds. The first-order valence-corrected chi connectivity index (χ1v) is 28.2. The number of rotatable bonds is 6. The molecule has 4 aliphatic heterocycles. The van der Waals surface area contributed by atoms with Crippen molar-refractivity contribution in [3.8, 4) is 33.4 Å². The molecule has 16 rings (SSSR count). The van der Waals surface area contributed by atoms with Gasteiger partial charge in [0.25, 0.3) is 6.71 Å². The Morgan fingerprint density at radius 2 is 0.961 bits per heavy atom. The lowest BCUT2D eigenvalue weighted by Gasteiger charge is -2.55. The molecule has 0 radical (unpaired) electrons. The molecule has 2 aliphatic carbocycles. The zero-order valence-electron chi connectivity index (χ0n) is 44.2. The highest BCUT2D eigenvalue weighted by atomic mass is 15.3. The van der Waals surface area contributed by atoms with Crippen LogP contribution in [0, 0.1) is 0 Å². The molecule has 4 unspecified atom stereocenters. The van der Waals surface area contributed by atoms with Gasteiger partial charge in [-0.1, -0.05) is 214 Å². The first kappa shape index (κ1) is 44.9. The predicted octanol–water partition coefficient (Wildman–Crippen LogP) is 16.3. The number of nitrogens with zero attached hydrogens (tertiary/aromatic N) is 3. The normalized spacial score (nSPS) is 22.8. The highest BCUT2D eigenvalue weighted by molar-refractivity contribution is 7.00. The Morgan fingerprint density at radius 3 is 1.68 bits per heavy atom. The van der Waals surface area contributed by atoms with Crippen molar-refractivity contribution in [2.24, 2.45) is 0 Å². The second-order valence-electron chi connectivity index (χ2n) is 23.5. The summed E-state index contributed by atoms with van der Waals surface area (Å²) in [4.78, 5) is 8.38. The van der Waals surface area contributed by atoms with Gasteiger partial charge in [0.2, 0.25) is 0 Å². The molecular weight excluding hydrogens is 930 g/mol. The van der Waals surface area contributed by atoms with Crippen LogP contribution >= 0.6 is 0 Å². The van der Waals surface area contributed by atoms with Gasteiger partial charge in [0.05, 0.1) is 11.1 Å². The fraction of sp³-hybridized carbons (Fsp3) is 0.178. The van der Waals surface area contributed by atoms with Gasteiger partial charge in [-0.25, -0.2) is 0 Å². The van der Waals surface area contributed by atoms with E-state index in [9.17, 15) is 0 Å². The summed E-state index contributed by atoms with van der Waals surface area (Å²) in [6.07, 6.45) is 6.69. The fourth-order valence-corrected chi connectivity index (χ4v) is 16.5. The Labute approximate surface area is 454 Å². The molecule has 0 spiro atoms. The molecular formula is C73H60BN3. The van der Waals surface area contributed by atoms with Crippen molar-refractivity contribution in [2.45, 2.75) is 81.2 Å². The average molecular weight is 990 g/mol. The molecule has 1 fully saturated rings. The standard InChI is InChI=1S/C73H60BN3/c1-70-44-41-53-27-16-17-30-59(53)72(70,3)76(64-39-35-54(45-61(64)70)50-23-10-5-11-24-50)58-47-66-68-67(48-58)77-69-60(73(56-28-14-7-15-29-56)43-19-18-42-71(73,77)2)31-20-32-62(69)74(68)63-46-55(51-25-12-6-13-26-51)36-40-65(63)75(66)57-37-33-52(34-38-57)49-21-8-4-9-22-49/h4-17,20-40,45-48H,18-19,41-44H2,1-3H3. The molecule has 0 bridgehead atoms. The maximum Gasteiger partial charge on any atom is 0.252 e. The molecule has 370 valence electrons. The third-order valence-corrected chi connectivity index (χ3v) is 20.2. The molecule has 10 aromatic carbocycles. The van der Waals surface area contributed by atoms with E-state index in [0.717, 1.165) is 31.4 Å². The van der Waals surface area contributed by atoms with Gasteiger partial charge in [-0.05, 0) is 160 Å². The Morgan fingerprint density at radius 1 is 0.390 bits per heavy atom. The van der Waals surface area contributed by atoms with Crippen LogP contribution in [0.15, 0.2) is 237 Å². The van der Waals surface area contributed by atoms with Crippen LogP contribution in [0.2, 0.25) is 0 Å². The average Bonchev–Trinajstić information content (AvgIpc) is 3.87. The fourth-order valence-electron chi connectivity index (χ4n) is 16.5. The molecule has 0 aromatic heterocycles. The van der Waals surface area contributed by atoms with Gasteiger partial charge in [-0.15, -0.1) is 0 Å². The van der Waals surface area contributed by atoms with Gasteiger partial charge in [-0.3, -0.25) is 0 Å².